The highest BCUT2D eigenvalue weighted by Crippen LogP contribution is 2.27. The van der Waals surface area contributed by atoms with E-state index >= 15 is 0 Å². The summed E-state index contributed by atoms with van der Waals surface area (Å²) in [7, 11) is 5.23. The van der Waals surface area contributed by atoms with Gasteiger partial charge in [-0.1, -0.05) is 29.3 Å². The zero-order chi connectivity index (χ0) is 20.0. The molecule has 0 saturated heterocycles. The van der Waals surface area contributed by atoms with Crippen molar-refractivity contribution < 1.29 is 19.2 Å². The molecular weight excluding hydrogens is 387 g/mol. The number of hydrogen-bond acceptors (Lipinski definition) is 3. The number of halogens is 2. The van der Waals surface area contributed by atoms with Gasteiger partial charge in [-0.3, -0.25) is 4.79 Å². The Kier molecular flexibility index (Phi) is 7.78. The first-order valence-electron chi connectivity index (χ1n) is 8.64. The molecule has 1 unspecified atom stereocenters. The Morgan fingerprint density at radius 3 is 2.44 bits per heavy atom. The van der Waals surface area contributed by atoms with Crippen LogP contribution in [-0.4, -0.2) is 39.8 Å². The molecule has 1 amide bonds. The fourth-order valence-electron chi connectivity index (χ4n) is 2.65. The number of likely N-dealkylation sites (N-methyl/N-ethyl adjacent to an activating group) is 1. The molecule has 27 heavy (non-hydrogen) atoms. The van der Waals surface area contributed by atoms with Gasteiger partial charge in [0.25, 0.3) is 5.91 Å². The number of anilines is 1. The number of carbonyl (C=O) groups is 1. The van der Waals surface area contributed by atoms with Crippen LogP contribution in [0.4, 0.5) is 5.69 Å². The number of carbonyl (C=O) groups excluding carboxylic acids is 1. The Hall–Kier alpha value is -1.95. The minimum absolute atomic E-state index is 0.0935. The maximum Gasteiger partial charge on any atom is 0.282 e. The first-order chi connectivity index (χ1) is 12.8. The van der Waals surface area contributed by atoms with Gasteiger partial charge < -0.3 is 19.7 Å². The van der Waals surface area contributed by atoms with Gasteiger partial charge in [0.1, 0.15) is 0 Å². The minimum atomic E-state index is -0.239. The van der Waals surface area contributed by atoms with Crippen molar-refractivity contribution in [3.8, 4) is 11.5 Å². The van der Waals surface area contributed by atoms with Gasteiger partial charge in [0.2, 0.25) is 0 Å². The molecule has 2 atom stereocenters. The van der Waals surface area contributed by atoms with Crippen molar-refractivity contribution in [2.45, 2.75) is 19.4 Å². The van der Waals surface area contributed by atoms with Crippen molar-refractivity contribution in [3.05, 3.63) is 52.0 Å². The lowest BCUT2D eigenvalue weighted by Crippen LogP contribution is -3.14. The normalized spacial score (nSPS) is 13.0. The highest BCUT2D eigenvalue weighted by atomic mass is 35.5. The Bertz CT molecular complexity index is 799. The molecule has 0 spiro atoms. The Balaban J connectivity index is 1.94. The second-order valence-corrected chi connectivity index (χ2v) is 7.21. The Labute approximate surface area is 170 Å². The first-order valence-corrected chi connectivity index (χ1v) is 9.40. The summed E-state index contributed by atoms with van der Waals surface area (Å²) in [6.45, 7) is 2.68. The molecule has 0 aromatic heterocycles. The minimum Gasteiger partial charge on any atom is -0.493 e. The number of hydrogen-bond donors (Lipinski definition) is 2. The van der Waals surface area contributed by atoms with Crippen molar-refractivity contribution in [1.82, 2.24) is 0 Å². The van der Waals surface area contributed by atoms with E-state index in [0.717, 1.165) is 23.4 Å². The molecule has 2 rings (SSSR count). The topological polar surface area (TPSA) is 52.0 Å². The SMILES string of the molecule is COc1ccc(CC[NH+](C)[C@@H](C)C(=O)Nc2ccc(Cl)cc2Cl)cc1OC. The van der Waals surface area contributed by atoms with Crippen LogP contribution in [0.25, 0.3) is 0 Å². The second-order valence-electron chi connectivity index (χ2n) is 6.37. The molecule has 0 aliphatic rings. The van der Waals surface area contributed by atoms with Crippen molar-refractivity contribution in [2.75, 3.05) is 33.1 Å². The summed E-state index contributed by atoms with van der Waals surface area (Å²) >= 11 is 12.0. The maximum absolute atomic E-state index is 12.5. The third-order valence-electron chi connectivity index (χ3n) is 4.58. The van der Waals surface area contributed by atoms with Crippen LogP contribution in [0.15, 0.2) is 36.4 Å². The fourth-order valence-corrected chi connectivity index (χ4v) is 3.11. The van der Waals surface area contributed by atoms with E-state index in [1.54, 1.807) is 32.4 Å². The van der Waals surface area contributed by atoms with Crippen LogP contribution < -0.4 is 19.7 Å². The molecule has 0 aliphatic carbocycles. The van der Waals surface area contributed by atoms with Crippen molar-refractivity contribution in [1.29, 1.82) is 0 Å². The van der Waals surface area contributed by atoms with Crippen molar-refractivity contribution >= 4 is 34.8 Å². The van der Waals surface area contributed by atoms with Crippen LogP contribution in [0.2, 0.25) is 10.0 Å². The highest BCUT2D eigenvalue weighted by molar-refractivity contribution is 6.36. The lowest BCUT2D eigenvalue weighted by Gasteiger charge is -2.21. The van der Waals surface area contributed by atoms with E-state index in [-0.39, 0.29) is 11.9 Å². The van der Waals surface area contributed by atoms with Crippen LogP contribution in [0.1, 0.15) is 12.5 Å². The number of amides is 1. The van der Waals surface area contributed by atoms with E-state index in [4.69, 9.17) is 32.7 Å². The zero-order valence-corrected chi connectivity index (χ0v) is 17.4. The van der Waals surface area contributed by atoms with Crippen LogP contribution >= 0.6 is 23.2 Å². The number of nitrogens with one attached hydrogen (secondary N) is 2. The predicted octanol–water partition coefficient (Wildman–Crippen LogP) is 3.10. The third-order valence-corrected chi connectivity index (χ3v) is 5.13. The molecule has 0 radical (unpaired) electrons. The van der Waals surface area contributed by atoms with Gasteiger partial charge >= 0.3 is 0 Å². The summed E-state index contributed by atoms with van der Waals surface area (Å²) in [5.41, 5.74) is 1.69. The number of ether oxygens (including phenoxy) is 2. The van der Waals surface area contributed by atoms with Crippen LogP contribution in [0.3, 0.4) is 0 Å². The Morgan fingerprint density at radius 2 is 1.81 bits per heavy atom. The lowest BCUT2D eigenvalue weighted by molar-refractivity contribution is -0.893. The molecule has 0 heterocycles. The average molecular weight is 412 g/mol. The smallest absolute Gasteiger partial charge is 0.282 e. The van der Waals surface area contributed by atoms with Gasteiger partial charge in [0.15, 0.2) is 17.5 Å². The number of rotatable bonds is 8. The van der Waals surface area contributed by atoms with Crippen molar-refractivity contribution in [2.24, 2.45) is 0 Å². The summed E-state index contributed by atoms with van der Waals surface area (Å²) in [6.07, 6.45) is 0.811. The maximum atomic E-state index is 12.5. The predicted molar refractivity (Wildman–Crippen MR) is 110 cm³/mol. The largest absolute Gasteiger partial charge is 0.493 e. The van der Waals surface area contributed by atoms with E-state index in [9.17, 15) is 4.79 Å². The molecular formula is C20H25Cl2N2O3+. The number of benzene rings is 2. The van der Waals surface area contributed by atoms with E-state index in [0.29, 0.717) is 27.2 Å². The lowest BCUT2D eigenvalue weighted by atomic mass is 10.1. The second kappa shape index (κ2) is 9.83. The first kappa shape index (κ1) is 21.4. The molecule has 0 aliphatic heterocycles. The number of quaternary nitrogens is 1. The quantitative estimate of drug-likeness (QED) is 0.701. The van der Waals surface area contributed by atoms with Crippen LogP contribution in [-0.2, 0) is 11.2 Å². The van der Waals surface area contributed by atoms with Crippen molar-refractivity contribution in [3.63, 3.8) is 0 Å². The highest BCUT2D eigenvalue weighted by Gasteiger charge is 2.22. The van der Waals surface area contributed by atoms with Gasteiger partial charge in [0, 0.05) is 11.4 Å². The van der Waals surface area contributed by atoms with Gasteiger partial charge in [-0.05, 0) is 42.8 Å². The van der Waals surface area contributed by atoms with Gasteiger partial charge in [-0.15, -0.1) is 0 Å². The van der Waals surface area contributed by atoms with E-state index in [2.05, 4.69) is 5.32 Å². The zero-order valence-electron chi connectivity index (χ0n) is 15.9. The van der Waals surface area contributed by atoms with Crippen LogP contribution in [0.5, 0.6) is 11.5 Å². The fraction of sp³-hybridized carbons (Fsp3) is 0.350. The van der Waals surface area contributed by atoms with E-state index in [1.165, 1.54) is 0 Å². The molecule has 2 N–H and O–H groups in total. The van der Waals surface area contributed by atoms with Gasteiger partial charge in [-0.2, -0.15) is 0 Å². The molecule has 146 valence electrons. The molecule has 5 nitrogen and oxygen atoms in total. The molecule has 0 bridgehead atoms. The van der Waals surface area contributed by atoms with Gasteiger partial charge in [0.05, 0.1) is 38.5 Å². The average Bonchev–Trinajstić information content (AvgIpc) is 2.67. The third kappa shape index (κ3) is 5.76. The summed E-state index contributed by atoms with van der Waals surface area (Å²) in [5.74, 6) is 1.31. The molecule has 0 saturated carbocycles. The van der Waals surface area contributed by atoms with E-state index in [1.807, 2.05) is 32.2 Å². The standard InChI is InChI=1S/C20H24Cl2N2O3/c1-13(20(25)23-17-7-6-15(21)12-16(17)22)24(2)10-9-14-5-8-18(26-3)19(11-14)27-4/h5-8,11-13H,9-10H2,1-4H3,(H,23,25)/p+1/t13-/m0/s1. The summed E-state index contributed by atoms with van der Waals surface area (Å²) in [5, 5.41) is 3.82. The van der Waals surface area contributed by atoms with Crippen LogP contribution in [0, 0.1) is 0 Å². The molecule has 2 aromatic rings. The molecule has 0 fully saturated rings. The summed E-state index contributed by atoms with van der Waals surface area (Å²) < 4.78 is 10.6. The Morgan fingerprint density at radius 1 is 1.11 bits per heavy atom. The van der Waals surface area contributed by atoms with E-state index < -0.39 is 0 Å². The monoisotopic (exact) mass is 411 g/mol. The summed E-state index contributed by atoms with van der Waals surface area (Å²) in [4.78, 5) is 13.6. The number of methoxy groups -OCH3 is 2. The molecule has 2 aromatic carbocycles. The summed E-state index contributed by atoms with van der Waals surface area (Å²) in [6, 6.07) is 10.6. The van der Waals surface area contributed by atoms with Gasteiger partial charge in [-0.25, -0.2) is 0 Å². The molecule has 7 heteroatoms.